The zero-order chi connectivity index (χ0) is 11.9. The van der Waals surface area contributed by atoms with Crippen LogP contribution in [-0.2, 0) is 6.42 Å². The molecular weight excluding hydrogens is 264 g/mol. The summed E-state index contributed by atoms with van der Waals surface area (Å²) in [6.45, 7) is 0. The van der Waals surface area contributed by atoms with E-state index in [2.05, 4.69) is 41.6 Å². The molecule has 0 atom stereocenters. The van der Waals surface area contributed by atoms with Crippen LogP contribution in [0.3, 0.4) is 0 Å². The van der Waals surface area contributed by atoms with Crippen molar-refractivity contribution in [1.82, 2.24) is 0 Å². The maximum Gasteiger partial charge on any atom is 0.0474 e. The van der Waals surface area contributed by atoms with Gasteiger partial charge >= 0.3 is 0 Å². The molecule has 3 heteroatoms. The van der Waals surface area contributed by atoms with Crippen LogP contribution in [0.1, 0.15) is 31.2 Å². The quantitative estimate of drug-likeness (QED) is 0.502. The highest BCUT2D eigenvalue weighted by Crippen LogP contribution is 2.33. The maximum atomic E-state index is 4.24. The van der Waals surface area contributed by atoms with Crippen LogP contribution in [0.15, 0.2) is 29.0 Å². The van der Waals surface area contributed by atoms with Gasteiger partial charge in [-0.1, -0.05) is 18.9 Å². The highest BCUT2D eigenvalue weighted by molar-refractivity contribution is 7.80. The normalized spacial score (nSPS) is 10.9. The Labute approximate surface area is 117 Å². The molecule has 0 unspecified atom stereocenters. The average Bonchev–Trinajstić information content (AvgIpc) is 2.98. The standard InChI is InChI=1S/C14H18S3/c15-9-4-2-1-3-6-12-8-11-17-14(12)13-7-5-10-16-13/h5,7-8,10-11,15H,1-4,6,9H2. The fourth-order valence-electron chi connectivity index (χ4n) is 1.94. The van der Waals surface area contributed by atoms with Gasteiger partial charge in [0.2, 0.25) is 0 Å². The zero-order valence-electron chi connectivity index (χ0n) is 9.89. The minimum atomic E-state index is 1.03. The van der Waals surface area contributed by atoms with E-state index in [1.165, 1.54) is 47.4 Å². The molecule has 0 N–H and O–H groups in total. The second-order valence-electron chi connectivity index (χ2n) is 4.14. The second-order valence-corrected chi connectivity index (χ2v) is 6.45. The van der Waals surface area contributed by atoms with Crippen LogP contribution in [0.25, 0.3) is 9.75 Å². The number of hydrogen-bond acceptors (Lipinski definition) is 3. The Morgan fingerprint density at radius 3 is 2.59 bits per heavy atom. The molecule has 0 bridgehead atoms. The van der Waals surface area contributed by atoms with Gasteiger partial charge in [-0.3, -0.25) is 0 Å². The summed E-state index contributed by atoms with van der Waals surface area (Å²) in [4.78, 5) is 2.90. The highest BCUT2D eigenvalue weighted by Gasteiger charge is 2.07. The number of unbranched alkanes of at least 4 members (excludes halogenated alkanes) is 3. The third-order valence-electron chi connectivity index (χ3n) is 2.85. The lowest BCUT2D eigenvalue weighted by atomic mass is 10.1. The summed E-state index contributed by atoms with van der Waals surface area (Å²) >= 11 is 7.96. The first-order valence-electron chi connectivity index (χ1n) is 6.13. The molecule has 0 aliphatic rings. The first kappa shape index (κ1) is 13.2. The molecule has 0 saturated heterocycles. The largest absolute Gasteiger partial charge is 0.179 e. The summed E-state index contributed by atoms with van der Waals surface area (Å²) in [6.07, 6.45) is 6.44. The summed E-state index contributed by atoms with van der Waals surface area (Å²) in [5, 5.41) is 4.38. The molecule has 2 rings (SSSR count). The first-order chi connectivity index (χ1) is 8.42. The van der Waals surface area contributed by atoms with Crippen molar-refractivity contribution in [3.63, 3.8) is 0 Å². The van der Waals surface area contributed by atoms with Crippen LogP contribution in [0, 0.1) is 0 Å². The number of hydrogen-bond donors (Lipinski definition) is 1. The van der Waals surface area contributed by atoms with Gasteiger partial charge in [0.15, 0.2) is 0 Å². The number of thiophene rings is 2. The molecule has 17 heavy (non-hydrogen) atoms. The van der Waals surface area contributed by atoms with Crippen molar-refractivity contribution in [1.29, 1.82) is 0 Å². The van der Waals surface area contributed by atoms with Gasteiger partial charge in [-0.15, -0.1) is 22.7 Å². The molecule has 2 aromatic heterocycles. The number of thiol groups is 1. The number of rotatable bonds is 7. The lowest BCUT2D eigenvalue weighted by Gasteiger charge is -2.02. The SMILES string of the molecule is SCCCCCCc1ccsc1-c1cccs1. The zero-order valence-corrected chi connectivity index (χ0v) is 12.4. The number of aryl methyl sites for hydroxylation is 1. The smallest absolute Gasteiger partial charge is 0.0474 e. The molecule has 0 amide bonds. The summed E-state index contributed by atoms with van der Waals surface area (Å²) in [6, 6.07) is 6.65. The van der Waals surface area contributed by atoms with Crippen molar-refractivity contribution in [3.05, 3.63) is 34.5 Å². The molecule has 2 heterocycles. The average molecular weight is 282 g/mol. The topological polar surface area (TPSA) is 0 Å². The van der Waals surface area contributed by atoms with Crippen molar-refractivity contribution in [2.24, 2.45) is 0 Å². The van der Waals surface area contributed by atoms with Crippen LogP contribution in [0.2, 0.25) is 0 Å². The molecule has 0 radical (unpaired) electrons. The van der Waals surface area contributed by atoms with Crippen LogP contribution < -0.4 is 0 Å². The van der Waals surface area contributed by atoms with Crippen LogP contribution >= 0.6 is 35.3 Å². The van der Waals surface area contributed by atoms with Crippen LogP contribution in [-0.4, -0.2) is 5.75 Å². The van der Waals surface area contributed by atoms with Gasteiger partial charge in [-0.25, -0.2) is 0 Å². The molecule has 0 fully saturated rings. The van der Waals surface area contributed by atoms with E-state index in [1.807, 2.05) is 22.7 Å². The minimum absolute atomic E-state index is 1.03. The summed E-state index contributed by atoms with van der Waals surface area (Å²) in [7, 11) is 0. The molecule has 2 aromatic rings. The Bertz CT molecular complexity index is 414. The Balaban J connectivity index is 1.87. The molecule has 0 aliphatic carbocycles. The van der Waals surface area contributed by atoms with E-state index in [0.29, 0.717) is 0 Å². The van der Waals surface area contributed by atoms with Crippen molar-refractivity contribution in [2.75, 3.05) is 5.75 Å². The van der Waals surface area contributed by atoms with E-state index in [4.69, 9.17) is 0 Å². The summed E-state index contributed by atoms with van der Waals surface area (Å²) < 4.78 is 0. The van der Waals surface area contributed by atoms with E-state index in [1.54, 1.807) is 0 Å². The summed E-state index contributed by atoms with van der Waals surface area (Å²) in [5.41, 5.74) is 1.53. The molecule has 0 aromatic carbocycles. The van der Waals surface area contributed by atoms with Gasteiger partial charge in [-0.2, -0.15) is 12.6 Å². The van der Waals surface area contributed by atoms with Gasteiger partial charge in [0, 0.05) is 9.75 Å². The predicted molar refractivity (Wildman–Crippen MR) is 83.7 cm³/mol. The lowest BCUT2D eigenvalue weighted by molar-refractivity contribution is 0.672. The van der Waals surface area contributed by atoms with Gasteiger partial charge in [-0.05, 0) is 53.5 Å². The Morgan fingerprint density at radius 1 is 0.941 bits per heavy atom. The van der Waals surface area contributed by atoms with Crippen molar-refractivity contribution >= 4 is 35.3 Å². The van der Waals surface area contributed by atoms with Gasteiger partial charge in [0.25, 0.3) is 0 Å². The first-order valence-corrected chi connectivity index (χ1v) is 8.52. The Kier molecular flexibility index (Phi) is 5.62. The van der Waals surface area contributed by atoms with Crippen LogP contribution in [0.4, 0.5) is 0 Å². The van der Waals surface area contributed by atoms with E-state index in [-0.39, 0.29) is 0 Å². The monoisotopic (exact) mass is 282 g/mol. The Hall–Kier alpha value is -0.250. The summed E-state index contributed by atoms with van der Waals surface area (Å²) in [5.74, 6) is 1.03. The fourth-order valence-corrected chi connectivity index (χ4v) is 4.02. The van der Waals surface area contributed by atoms with E-state index in [0.717, 1.165) is 5.75 Å². The van der Waals surface area contributed by atoms with Crippen molar-refractivity contribution in [3.8, 4) is 9.75 Å². The van der Waals surface area contributed by atoms with Crippen molar-refractivity contribution < 1.29 is 0 Å². The van der Waals surface area contributed by atoms with Gasteiger partial charge in [0.1, 0.15) is 0 Å². The highest BCUT2D eigenvalue weighted by atomic mass is 32.1. The third kappa shape index (κ3) is 3.87. The second kappa shape index (κ2) is 7.24. The van der Waals surface area contributed by atoms with E-state index >= 15 is 0 Å². The minimum Gasteiger partial charge on any atom is -0.179 e. The Morgan fingerprint density at radius 2 is 1.82 bits per heavy atom. The molecule has 0 aliphatic heterocycles. The van der Waals surface area contributed by atoms with E-state index < -0.39 is 0 Å². The third-order valence-corrected chi connectivity index (χ3v) is 5.17. The van der Waals surface area contributed by atoms with Gasteiger partial charge in [0.05, 0.1) is 0 Å². The van der Waals surface area contributed by atoms with Crippen molar-refractivity contribution in [2.45, 2.75) is 32.1 Å². The maximum absolute atomic E-state index is 4.24. The lowest BCUT2D eigenvalue weighted by Crippen LogP contribution is -1.86. The molecule has 0 saturated carbocycles. The molecule has 0 spiro atoms. The molecule has 92 valence electrons. The van der Waals surface area contributed by atoms with Crippen LogP contribution in [0.5, 0.6) is 0 Å². The molecular formula is C14H18S3. The fraction of sp³-hybridized carbons (Fsp3) is 0.429. The predicted octanol–water partition coefficient (Wildman–Crippen LogP) is 5.51. The van der Waals surface area contributed by atoms with Gasteiger partial charge < -0.3 is 0 Å². The van der Waals surface area contributed by atoms with E-state index in [9.17, 15) is 0 Å². The molecule has 0 nitrogen and oxygen atoms in total.